The molecule has 0 aliphatic carbocycles. The molecule has 1 spiro atoms. The molecule has 5 nitrogen and oxygen atoms in total. The maximum absolute atomic E-state index is 13.2. The van der Waals surface area contributed by atoms with Crippen molar-refractivity contribution in [3.63, 3.8) is 0 Å². The van der Waals surface area contributed by atoms with Crippen LogP contribution >= 0.6 is 31.9 Å². The molecular formula is C29H32Br2N2O3. The topological polar surface area (TPSA) is 42.0 Å². The quantitative estimate of drug-likeness (QED) is 0.234. The zero-order chi connectivity index (χ0) is 26.2. The molecule has 0 atom stereocenters. The first kappa shape index (κ1) is 26.6. The number of allylic oxidation sites excluding steroid dienone is 3. The molecule has 2 heterocycles. The van der Waals surface area contributed by atoms with Gasteiger partial charge in [-0.25, -0.2) is 4.79 Å². The number of ether oxygens (including phenoxy) is 2. The number of carbonyl (C=O) groups excluding carboxylic acids is 1. The van der Waals surface area contributed by atoms with E-state index in [9.17, 15) is 4.79 Å². The molecule has 0 N–H and O–H groups in total. The molecule has 0 amide bonds. The minimum Gasteiger partial charge on any atom is -0.456 e. The van der Waals surface area contributed by atoms with E-state index in [0.29, 0.717) is 17.1 Å². The van der Waals surface area contributed by atoms with Crippen LogP contribution in [0, 0.1) is 0 Å². The number of anilines is 2. The average molecular weight is 616 g/mol. The zero-order valence-electron chi connectivity index (χ0n) is 21.5. The van der Waals surface area contributed by atoms with Gasteiger partial charge in [0.2, 0.25) is 0 Å². The van der Waals surface area contributed by atoms with Crippen LogP contribution in [0.15, 0.2) is 69.2 Å². The summed E-state index contributed by atoms with van der Waals surface area (Å²) in [7, 11) is 0. The number of carbonyl (C=O) groups is 1. The third-order valence-electron chi connectivity index (χ3n) is 6.99. The van der Waals surface area contributed by atoms with Gasteiger partial charge in [-0.2, -0.15) is 0 Å². The number of nitrogens with zero attached hydrogens (tertiary/aromatic N) is 2. The van der Waals surface area contributed by atoms with Gasteiger partial charge >= 0.3 is 5.97 Å². The predicted octanol–water partition coefficient (Wildman–Crippen LogP) is 7.87. The van der Waals surface area contributed by atoms with Gasteiger partial charge in [0.1, 0.15) is 11.5 Å². The van der Waals surface area contributed by atoms with Crippen LogP contribution in [-0.4, -0.2) is 32.1 Å². The molecule has 0 bridgehead atoms. The predicted molar refractivity (Wildman–Crippen MR) is 154 cm³/mol. The second-order valence-corrected chi connectivity index (χ2v) is 10.3. The molecule has 36 heavy (non-hydrogen) atoms. The smallest absolute Gasteiger partial charge is 0.339 e. The number of rotatable bonds is 7. The fraction of sp³-hybridized carbons (Fsp3) is 0.345. The van der Waals surface area contributed by atoms with E-state index in [0.717, 1.165) is 63.2 Å². The summed E-state index contributed by atoms with van der Waals surface area (Å²) in [5.41, 5.74) is 3.73. The van der Waals surface area contributed by atoms with Gasteiger partial charge in [0.25, 0.3) is 0 Å². The minimum absolute atomic E-state index is 0.364. The van der Waals surface area contributed by atoms with Crippen LogP contribution in [0.25, 0.3) is 0 Å². The van der Waals surface area contributed by atoms with Crippen molar-refractivity contribution in [1.29, 1.82) is 0 Å². The Morgan fingerprint density at radius 1 is 0.889 bits per heavy atom. The normalized spacial score (nSPS) is 17.6. The summed E-state index contributed by atoms with van der Waals surface area (Å²) in [4.78, 5) is 17.8. The van der Waals surface area contributed by atoms with Crippen molar-refractivity contribution >= 4 is 49.2 Å². The molecule has 2 aliphatic rings. The third-order valence-corrected chi connectivity index (χ3v) is 8.26. The molecule has 2 aromatic rings. The standard InChI is InChI=1S/C29H32Br2N2O3/c1-7-13-19-18(8-2)28(34)36-29(19)20-14-22(30)24(32(9-3)10-4)16-26(20)35-27-17-25(33(11-5)12-6)23(31)15-21(27)29/h7-8,13-17H,1,9-12H2,2-6H3/b18-8+,19-13+. The van der Waals surface area contributed by atoms with Gasteiger partial charge in [-0.3, -0.25) is 0 Å². The summed E-state index contributed by atoms with van der Waals surface area (Å²) >= 11 is 7.58. The van der Waals surface area contributed by atoms with Gasteiger partial charge in [0.05, 0.1) is 16.9 Å². The number of hydrogen-bond acceptors (Lipinski definition) is 5. The lowest BCUT2D eigenvalue weighted by Gasteiger charge is -2.38. The van der Waals surface area contributed by atoms with Crippen molar-refractivity contribution in [3.8, 4) is 11.5 Å². The zero-order valence-corrected chi connectivity index (χ0v) is 24.6. The highest BCUT2D eigenvalue weighted by atomic mass is 79.9. The van der Waals surface area contributed by atoms with Crippen molar-refractivity contribution in [1.82, 2.24) is 0 Å². The molecule has 1 fully saturated rings. The van der Waals surface area contributed by atoms with E-state index in [-0.39, 0.29) is 5.97 Å². The molecule has 0 unspecified atom stereocenters. The highest BCUT2D eigenvalue weighted by molar-refractivity contribution is 9.11. The van der Waals surface area contributed by atoms with Crippen molar-refractivity contribution in [2.75, 3.05) is 36.0 Å². The summed E-state index contributed by atoms with van der Waals surface area (Å²) < 4.78 is 14.8. The van der Waals surface area contributed by atoms with E-state index < -0.39 is 5.60 Å². The Hall–Kier alpha value is -2.51. The monoisotopic (exact) mass is 614 g/mol. The third kappa shape index (κ3) is 4.01. The Kier molecular flexibility index (Phi) is 7.72. The van der Waals surface area contributed by atoms with E-state index >= 15 is 0 Å². The fourth-order valence-electron chi connectivity index (χ4n) is 5.23. The van der Waals surface area contributed by atoms with E-state index in [2.05, 4.69) is 75.9 Å². The van der Waals surface area contributed by atoms with Crippen molar-refractivity contribution in [2.45, 2.75) is 40.2 Å². The van der Waals surface area contributed by atoms with E-state index in [4.69, 9.17) is 9.47 Å². The molecule has 0 radical (unpaired) electrons. The molecule has 7 heteroatoms. The summed E-state index contributed by atoms with van der Waals surface area (Å²) in [5.74, 6) is 0.971. The van der Waals surface area contributed by atoms with Crippen molar-refractivity contribution in [2.24, 2.45) is 0 Å². The van der Waals surface area contributed by atoms with Gasteiger partial charge < -0.3 is 19.3 Å². The van der Waals surface area contributed by atoms with Crippen LogP contribution in [0.3, 0.4) is 0 Å². The Balaban J connectivity index is 2.09. The number of esters is 1. The lowest BCUT2D eigenvalue weighted by molar-refractivity contribution is -0.143. The Morgan fingerprint density at radius 3 is 1.75 bits per heavy atom. The number of fused-ring (bicyclic) bond motifs is 4. The summed E-state index contributed by atoms with van der Waals surface area (Å²) in [6, 6.07) is 8.15. The van der Waals surface area contributed by atoms with Gasteiger partial charge in [0, 0.05) is 64.0 Å². The van der Waals surface area contributed by atoms with Crippen molar-refractivity contribution in [3.05, 3.63) is 80.3 Å². The van der Waals surface area contributed by atoms with Gasteiger partial charge in [-0.1, -0.05) is 24.8 Å². The molecule has 0 saturated carbocycles. The summed E-state index contributed by atoms with van der Waals surface area (Å²) in [6.07, 6.45) is 5.38. The number of halogens is 2. The van der Waals surface area contributed by atoms with Gasteiger partial charge in [-0.15, -0.1) is 0 Å². The second-order valence-electron chi connectivity index (χ2n) is 8.64. The van der Waals surface area contributed by atoms with Crippen LogP contribution in [0.4, 0.5) is 11.4 Å². The molecular weight excluding hydrogens is 584 g/mol. The molecule has 2 aromatic carbocycles. The highest BCUT2D eigenvalue weighted by Crippen LogP contribution is 2.60. The largest absolute Gasteiger partial charge is 0.456 e. The Morgan fingerprint density at radius 2 is 1.36 bits per heavy atom. The first-order chi connectivity index (χ1) is 17.3. The first-order valence-corrected chi connectivity index (χ1v) is 14.0. The van der Waals surface area contributed by atoms with Gasteiger partial charge in [0.15, 0.2) is 5.60 Å². The van der Waals surface area contributed by atoms with Gasteiger partial charge in [-0.05, 0) is 78.6 Å². The minimum atomic E-state index is -1.16. The van der Waals surface area contributed by atoms with Crippen LogP contribution in [0.2, 0.25) is 0 Å². The Bertz CT molecular complexity index is 1210. The summed E-state index contributed by atoms with van der Waals surface area (Å²) in [6.45, 7) is 17.7. The average Bonchev–Trinajstić information content (AvgIpc) is 3.14. The fourth-order valence-corrected chi connectivity index (χ4v) is 6.42. The van der Waals surface area contributed by atoms with Crippen molar-refractivity contribution < 1.29 is 14.3 Å². The lowest BCUT2D eigenvalue weighted by atomic mass is 9.76. The first-order valence-electron chi connectivity index (χ1n) is 12.4. The lowest BCUT2D eigenvalue weighted by Crippen LogP contribution is -2.34. The maximum atomic E-state index is 13.2. The molecule has 190 valence electrons. The van der Waals surface area contributed by atoms with E-state index in [1.807, 2.05) is 37.3 Å². The van der Waals surface area contributed by atoms with Crippen LogP contribution in [-0.2, 0) is 15.1 Å². The van der Waals surface area contributed by atoms with E-state index in [1.54, 1.807) is 12.2 Å². The highest BCUT2D eigenvalue weighted by Gasteiger charge is 2.56. The Labute approximate surface area is 230 Å². The molecule has 0 aromatic heterocycles. The summed E-state index contributed by atoms with van der Waals surface area (Å²) in [5, 5.41) is 0. The van der Waals surface area contributed by atoms with E-state index in [1.165, 1.54) is 0 Å². The molecule has 1 saturated heterocycles. The molecule has 2 aliphatic heterocycles. The van der Waals surface area contributed by atoms with Crippen LogP contribution in [0.1, 0.15) is 45.7 Å². The molecule has 4 rings (SSSR count). The SMILES string of the molecule is C=C/C=C1\C(=C/C)C(=O)OC12c1cc(Br)c(N(CC)CC)cc1Oc1cc(N(CC)CC)c(Br)cc12. The van der Waals surface area contributed by atoms with Crippen LogP contribution < -0.4 is 14.5 Å². The second kappa shape index (κ2) is 10.5. The number of hydrogen-bond donors (Lipinski definition) is 0. The van der Waals surface area contributed by atoms with Crippen LogP contribution in [0.5, 0.6) is 11.5 Å². The maximum Gasteiger partial charge on any atom is 0.339 e. The number of benzene rings is 2.